The molecule has 1 aromatic rings. The Morgan fingerprint density at radius 1 is 1.41 bits per heavy atom. The summed E-state index contributed by atoms with van der Waals surface area (Å²) in [5.74, 6) is -0.893. The van der Waals surface area contributed by atoms with Crippen LogP contribution in [0, 0.1) is 11.7 Å². The zero-order valence-corrected chi connectivity index (χ0v) is 9.44. The van der Waals surface area contributed by atoms with E-state index in [1.807, 2.05) is 0 Å². The Labute approximate surface area is 98.4 Å². The standard InChI is InChI=1S/C12H13FN2O2/c1-15(10-4-2-9(13)3-5-10)12(17)8-6-11(16)14-7-8/h2-5,8H,6-7H2,1H3,(H,14,16). The van der Waals surface area contributed by atoms with Crippen molar-refractivity contribution in [2.45, 2.75) is 6.42 Å². The van der Waals surface area contributed by atoms with E-state index in [4.69, 9.17) is 0 Å². The molecule has 90 valence electrons. The van der Waals surface area contributed by atoms with Crippen LogP contribution in [-0.2, 0) is 9.59 Å². The van der Waals surface area contributed by atoms with E-state index in [0.717, 1.165) is 0 Å². The Bertz CT molecular complexity index is 444. The van der Waals surface area contributed by atoms with Crippen molar-refractivity contribution in [2.24, 2.45) is 5.92 Å². The van der Waals surface area contributed by atoms with Gasteiger partial charge in [0, 0.05) is 25.7 Å². The number of nitrogens with one attached hydrogen (secondary N) is 1. The molecule has 0 radical (unpaired) electrons. The molecule has 2 amide bonds. The van der Waals surface area contributed by atoms with Crippen molar-refractivity contribution in [3.8, 4) is 0 Å². The summed E-state index contributed by atoms with van der Waals surface area (Å²) in [7, 11) is 1.62. The molecule has 5 heteroatoms. The second kappa shape index (κ2) is 4.53. The van der Waals surface area contributed by atoms with Gasteiger partial charge in [-0.2, -0.15) is 0 Å². The smallest absolute Gasteiger partial charge is 0.232 e. The van der Waals surface area contributed by atoms with Crippen LogP contribution in [0.4, 0.5) is 10.1 Å². The highest BCUT2D eigenvalue weighted by Gasteiger charge is 2.30. The van der Waals surface area contributed by atoms with Gasteiger partial charge >= 0.3 is 0 Å². The lowest BCUT2D eigenvalue weighted by Crippen LogP contribution is -2.33. The molecule has 1 heterocycles. The van der Waals surface area contributed by atoms with Gasteiger partial charge in [-0.1, -0.05) is 0 Å². The molecule has 0 spiro atoms. The number of nitrogens with zero attached hydrogens (tertiary/aromatic N) is 1. The zero-order valence-electron chi connectivity index (χ0n) is 9.44. The lowest BCUT2D eigenvalue weighted by Gasteiger charge is -2.20. The van der Waals surface area contributed by atoms with Crippen molar-refractivity contribution in [1.29, 1.82) is 0 Å². The lowest BCUT2D eigenvalue weighted by molar-refractivity contribution is -0.124. The van der Waals surface area contributed by atoms with Gasteiger partial charge in [0.05, 0.1) is 5.92 Å². The number of rotatable bonds is 2. The van der Waals surface area contributed by atoms with Crippen molar-refractivity contribution in [3.05, 3.63) is 30.1 Å². The summed E-state index contributed by atoms with van der Waals surface area (Å²) in [4.78, 5) is 24.5. The van der Waals surface area contributed by atoms with Crippen molar-refractivity contribution >= 4 is 17.5 Å². The highest BCUT2D eigenvalue weighted by Crippen LogP contribution is 2.18. The maximum absolute atomic E-state index is 12.7. The summed E-state index contributed by atoms with van der Waals surface area (Å²) < 4.78 is 12.7. The monoisotopic (exact) mass is 236 g/mol. The molecule has 1 saturated heterocycles. The molecule has 0 saturated carbocycles. The summed E-state index contributed by atoms with van der Waals surface area (Å²) in [6.45, 7) is 0.378. The van der Waals surface area contributed by atoms with Gasteiger partial charge in [0.2, 0.25) is 11.8 Å². The van der Waals surface area contributed by atoms with Crippen LogP contribution in [0.2, 0.25) is 0 Å². The second-order valence-electron chi connectivity index (χ2n) is 4.08. The predicted molar refractivity (Wildman–Crippen MR) is 60.9 cm³/mol. The molecule has 1 aliphatic rings. The van der Waals surface area contributed by atoms with E-state index < -0.39 is 0 Å². The van der Waals surface area contributed by atoms with Crippen LogP contribution in [0.15, 0.2) is 24.3 Å². The van der Waals surface area contributed by atoms with E-state index in [2.05, 4.69) is 5.32 Å². The third kappa shape index (κ3) is 2.43. The van der Waals surface area contributed by atoms with Crippen molar-refractivity contribution < 1.29 is 14.0 Å². The van der Waals surface area contributed by atoms with Crippen LogP contribution in [-0.4, -0.2) is 25.4 Å². The third-order valence-electron chi connectivity index (χ3n) is 2.87. The van der Waals surface area contributed by atoms with Gasteiger partial charge < -0.3 is 10.2 Å². The van der Waals surface area contributed by atoms with E-state index in [0.29, 0.717) is 12.2 Å². The van der Waals surface area contributed by atoms with Crippen molar-refractivity contribution in [3.63, 3.8) is 0 Å². The van der Waals surface area contributed by atoms with Gasteiger partial charge in [-0.25, -0.2) is 4.39 Å². The Hall–Kier alpha value is -1.91. The van der Waals surface area contributed by atoms with Gasteiger partial charge in [0.1, 0.15) is 5.82 Å². The maximum atomic E-state index is 12.7. The summed E-state index contributed by atoms with van der Waals surface area (Å²) in [6.07, 6.45) is 0.227. The molecular weight excluding hydrogens is 223 g/mol. The molecule has 1 aliphatic heterocycles. The molecule has 17 heavy (non-hydrogen) atoms. The van der Waals surface area contributed by atoms with Gasteiger partial charge in [0.25, 0.3) is 0 Å². The topological polar surface area (TPSA) is 49.4 Å². The zero-order chi connectivity index (χ0) is 12.4. The van der Waals surface area contributed by atoms with E-state index in [9.17, 15) is 14.0 Å². The first-order chi connectivity index (χ1) is 8.08. The summed E-state index contributed by atoms with van der Waals surface area (Å²) in [5.41, 5.74) is 0.621. The fourth-order valence-electron chi connectivity index (χ4n) is 1.85. The first kappa shape index (κ1) is 11.6. The molecule has 1 unspecified atom stereocenters. The normalized spacial score (nSPS) is 18.9. The molecular formula is C12H13FN2O2. The fraction of sp³-hybridized carbons (Fsp3) is 0.333. The van der Waals surface area contributed by atoms with Gasteiger partial charge in [0.15, 0.2) is 0 Å². The predicted octanol–water partition coefficient (Wildman–Crippen LogP) is 0.925. The first-order valence-corrected chi connectivity index (χ1v) is 5.38. The van der Waals surface area contributed by atoms with Crippen molar-refractivity contribution in [1.82, 2.24) is 5.32 Å². The number of carbonyl (C=O) groups is 2. The molecule has 2 rings (SSSR count). The Morgan fingerprint density at radius 2 is 2.06 bits per heavy atom. The lowest BCUT2D eigenvalue weighted by atomic mass is 10.1. The number of anilines is 1. The molecule has 4 nitrogen and oxygen atoms in total. The van der Waals surface area contributed by atoms with Crippen LogP contribution in [0.1, 0.15) is 6.42 Å². The minimum atomic E-state index is -0.340. The Balaban J connectivity index is 2.09. The molecule has 0 aliphatic carbocycles. The third-order valence-corrected chi connectivity index (χ3v) is 2.87. The summed E-state index contributed by atoms with van der Waals surface area (Å²) >= 11 is 0. The summed E-state index contributed by atoms with van der Waals surface area (Å²) in [6, 6.07) is 5.68. The van der Waals surface area contributed by atoms with E-state index in [1.54, 1.807) is 7.05 Å². The molecule has 1 atom stereocenters. The molecule has 1 N–H and O–H groups in total. The fourth-order valence-corrected chi connectivity index (χ4v) is 1.85. The number of benzene rings is 1. The number of hydrogen-bond acceptors (Lipinski definition) is 2. The number of hydrogen-bond donors (Lipinski definition) is 1. The maximum Gasteiger partial charge on any atom is 0.232 e. The SMILES string of the molecule is CN(C(=O)C1CNC(=O)C1)c1ccc(F)cc1. The molecule has 1 aromatic carbocycles. The van der Waals surface area contributed by atoms with Crippen LogP contribution in [0.5, 0.6) is 0 Å². The van der Waals surface area contributed by atoms with Crippen LogP contribution >= 0.6 is 0 Å². The average Bonchev–Trinajstić information content (AvgIpc) is 2.75. The van der Waals surface area contributed by atoms with Gasteiger partial charge in [-0.3, -0.25) is 9.59 Å². The molecule has 0 bridgehead atoms. The van der Waals surface area contributed by atoms with E-state index >= 15 is 0 Å². The van der Waals surface area contributed by atoms with E-state index in [1.165, 1.54) is 29.2 Å². The molecule has 1 fully saturated rings. The highest BCUT2D eigenvalue weighted by molar-refractivity contribution is 5.98. The first-order valence-electron chi connectivity index (χ1n) is 5.38. The van der Waals surface area contributed by atoms with Gasteiger partial charge in [-0.05, 0) is 24.3 Å². The van der Waals surface area contributed by atoms with Crippen LogP contribution in [0.25, 0.3) is 0 Å². The summed E-state index contributed by atoms with van der Waals surface area (Å²) in [5, 5.41) is 2.62. The van der Waals surface area contributed by atoms with E-state index in [-0.39, 0.29) is 30.0 Å². The minimum Gasteiger partial charge on any atom is -0.355 e. The second-order valence-corrected chi connectivity index (χ2v) is 4.08. The molecule has 0 aromatic heterocycles. The number of amides is 2. The quantitative estimate of drug-likeness (QED) is 0.830. The van der Waals surface area contributed by atoms with Gasteiger partial charge in [-0.15, -0.1) is 0 Å². The Kier molecular flexibility index (Phi) is 3.08. The number of halogens is 1. The average molecular weight is 236 g/mol. The number of carbonyl (C=O) groups excluding carboxylic acids is 2. The van der Waals surface area contributed by atoms with Crippen molar-refractivity contribution in [2.75, 3.05) is 18.5 Å². The van der Waals surface area contributed by atoms with Crippen LogP contribution < -0.4 is 10.2 Å². The minimum absolute atomic E-state index is 0.101. The largest absolute Gasteiger partial charge is 0.355 e. The highest BCUT2D eigenvalue weighted by atomic mass is 19.1. The Morgan fingerprint density at radius 3 is 2.59 bits per heavy atom. The van der Waals surface area contributed by atoms with Crippen LogP contribution in [0.3, 0.4) is 0 Å².